The van der Waals surface area contributed by atoms with Gasteiger partial charge in [-0.05, 0) is 61.7 Å². The van der Waals surface area contributed by atoms with E-state index < -0.39 is 0 Å². The first kappa shape index (κ1) is 17.0. The summed E-state index contributed by atoms with van der Waals surface area (Å²) in [7, 11) is 0. The number of hydrogen-bond acceptors (Lipinski definition) is 4. The molecule has 3 heterocycles. The number of imidazole rings is 1. The summed E-state index contributed by atoms with van der Waals surface area (Å²) in [5.41, 5.74) is 0.567. The lowest BCUT2D eigenvalue weighted by Gasteiger charge is -2.29. The number of fused-ring (bicyclic) bond motifs is 1. The third-order valence-electron chi connectivity index (χ3n) is 3.96. The van der Waals surface area contributed by atoms with Gasteiger partial charge in [-0.15, -0.1) is 5.10 Å². The van der Waals surface area contributed by atoms with E-state index in [1.807, 2.05) is 37.8 Å². The van der Waals surface area contributed by atoms with Gasteiger partial charge in [0.15, 0.2) is 5.65 Å². The predicted molar refractivity (Wildman–Crippen MR) is 97.2 cm³/mol. The van der Waals surface area contributed by atoms with Gasteiger partial charge in [-0.3, -0.25) is 0 Å². The minimum atomic E-state index is -0.224. The lowest BCUT2D eigenvalue weighted by molar-refractivity contribution is 0.185. The van der Waals surface area contributed by atoms with Crippen LogP contribution in [0.2, 0.25) is 0 Å². The maximum Gasteiger partial charge on any atom is 0.318 e. The molecular formula is C16H23BrN6O. The molecule has 1 aliphatic heterocycles. The molecule has 0 radical (unpaired) electrons. The first-order chi connectivity index (χ1) is 11.3. The van der Waals surface area contributed by atoms with Crippen molar-refractivity contribution < 1.29 is 4.79 Å². The van der Waals surface area contributed by atoms with Gasteiger partial charge in [-0.25, -0.2) is 14.3 Å². The number of halogens is 1. The molecule has 0 saturated carbocycles. The van der Waals surface area contributed by atoms with E-state index in [2.05, 4.69) is 36.6 Å². The molecule has 1 fully saturated rings. The fourth-order valence-electron chi connectivity index (χ4n) is 2.87. The van der Waals surface area contributed by atoms with E-state index in [1.165, 1.54) is 0 Å². The molecule has 7 nitrogen and oxygen atoms in total. The summed E-state index contributed by atoms with van der Waals surface area (Å²) in [6.45, 7) is 7.47. The number of nitrogens with one attached hydrogen (secondary N) is 2. The second-order valence-corrected chi connectivity index (χ2v) is 7.93. The van der Waals surface area contributed by atoms with Crippen LogP contribution >= 0.6 is 15.9 Å². The molecular weight excluding hydrogens is 372 g/mol. The van der Waals surface area contributed by atoms with Crippen molar-refractivity contribution >= 4 is 33.4 Å². The summed E-state index contributed by atoms with van der Waals surface area (Å²) in [5, 5.41) is 10.9. The van der Waals surface area contributed by atoms with Crippen molar-refractivity contribution in [1.82, 2.24) is 24.8 Å². The van der Waals surface area contributed by atoms with Gasteiger partial charge in [-0.2, -0.15) is 0 Å². The molecule has 2 aromatic rings. The maximum atomic E-state index is 12.4. The summed E-state index contributed by atoms with van der Waals surface area (Å²) in [6.07, 6.45) is 3.76. The van der Waals surface area contributed by atoms with Crippen LogP contribution in [0.1, 0.15) is 33.6 Å². The predicted octanol–water partition coefficient (Wildman–Crippen LogP) is 2.88. The number of carbonyl (C=O) groups is 1. The molecule has 0 aliphatic carbocycles. The number of nitrogens with zero attached hydrogens (tertiary/aromatic N) is 4. The molecule has 0 bridgehead atoms. The normalized spacial score (nSPS) is 18.2. The van der Waals surface area contributed by atoms with Crippen molar-refractivity contribution in [2.45, 2.75) is 45.2 Å². The topological polar surface area (TPSA) is 74.6 Å². The molecule has 2 amide bonds. The Bertz CT molecular complexity index is 738. The van der Waals surface area contributed by atoms with Crippen LogP contribution in [0.25, 0.3) is 5.65 Å². The van der Waals surface area contributed by atoms with Gasteiger partial charge >= 0.3 is 6.03 Å². The van der Waals surface area contributed by atoms with Gasteiger partial charge in [-0.1, -0.05) is 0 Å². The molecule has 1 atom stereocenters. The van der Waals surface area contributed by atoms with Crippen molar-refractivity contribution in [1.29, 1.82) is 0 Å². The van der Waals surface area contributed by atoms with E-state index in [9.17, 15) is 4.79 Å². The maximum absolute atomic E-state index is 12.4. The Hall–Kier alpha value is -1.83. The number of likely N-dealkylation sites (tertiary alicyclic amines) is 1. The summed E-state index contributed by atoms with van der Waals surface area (Å²) in [5.74, 6) is 0.768. The smallest absolute Gasteiger partial charge is 0.318 e. The first-order valence-corrected chi connectivity index (χ1v) is 8.96. The Morgan fingerprint density at radius 3 is 2.96 bits per heavy atom. The zero-order valence-corrected chi connectivity index (χ0v) is 15.8. The van der Waals surface area contributed by atoms with E-state index in [4.69, 9.17) is 0 Å². The highest BCUT2D eigenvalue weighted by atomic mass is 79.9. The summed E-state index contributed by atoms with van der Waals surface area (Å²) >= 11 is 3.42. The Balaban J connectivity index is 1.64. The van der Waals surface area contributed by atoms with Crippen LogP contribution in [-0.4, -0.2) is 50.2 Å². The number of urea groups is 1. The minimum Gasteiger partial charge on any atom is -0.367 e. The summed E-state index contributed by atoms with van der Waals surface area (Å²) in [6, 6.07) is 4.01. The lowest BCUT2D eigenvalue weighted by atomic mass is 10.1. The van der Waals surface area contributed by atoms with Gasteiger partial charge in [0.2, 0.25) is 0 Å². The highest BCUT2D eigenvalue weighted by Gasteiger charge is 2.30. The Morgan fingerprint density at radius 2 is 2.21 bits per heavy atom. The van der Waals surface area contributed by atoms with Crippen LogP contribution in [0.15, 0.2) is 22.9 Å². The average Bonchev–Trinajstić information content (AvgIpc) is 3.11. The van der Waals surface area contributed by atoms with Crippen LogP contribution < -0.4 is 10.6 Å². The molecule has 130 valence electrons. The van der Waals surface area contributed by atoms with Crippen LogP contribution in [0.3, 0.4) is 0 Å². The van der Waals surface area contributed by atoms with Gasteiger partial charge in [0.25, 0.3) is 0 Å². The zero-order valence-electron chi connectivity index (χ0n) is 14.2. The third-order valence-corrected chi connectivity index (χ3v) is 4.50. The molecule has 0 unspecified atom stereocenters. The second kappa shape index (κ2) is 6.58. The average molecular weight is 395 g/mol. The molecule has 8 heteroatoms. The summed E-state index contributed by atoms with van der Waals surface area (Å²) < 4.78 is 2.55. The van der Waals surface area contributed by atoms with E-state index >= 15 is 0 Å². The number of amides is 2. The highest BCUT2D eigenvalue weighted by Crippen LogP contribution is 2.19. The number of rotatable bonds is 3. The molecule has 0 spiro atoms. The summed E-state index contributed by atoms with van der Waals surface area (Å²) in [4.78, 5) is 18.6. The van der Waals surface area contributed by atoms with E-state index in [-0.39, 0.29) is 17.6 Å². The van der Waals surface area contributed by atoms with Crippen LogP contribution in [0.4, 0.5) is 10.6 Å². The monoisotopic (exact) mass is 394 g/mol. The molecule has 0 aromatic carbocycles. The van der Waals surface area contributed by atoms with Crippen LogP contribution in [0, 0.1) is 0 Å². The van der Waals surface area contributed by atoms with Gasteiger partial charge in [0.1, 0.15) is 10.4 Å². The molecule has 2 N–H and O–H groups in total. The fraction of sp³-hybridized carbons (Fsp3) is 0.562. The quantitative estimate of drug-likeness (QED) is 0.838. The largest absolute Gasteiger partial charge is 0.367 e. The second-order valence-electron chi connectivity index (χ2n) is 7.12. The van der Waals surface area contributed by atoms with E-state index in [0.717, 1.165) is 35.5 Å². The van der Waals surface area contributed by atoms with Crippen molar-refractivity contribution in [3.8, 4) is 0 Å². The molecule has 1 saturated heterocycles. The molecule has 3 rings (SSSR count). The number of aromatic nitrogens is 3. The highest BCUT2D eigenvalue weighted by molar-refractivity contribution is 9.10. The van der Waals surface area contributed by atoms with Crippen molar-refractivity contribution in [3.05, 3.63) is 22.9 Å². The van der Waals surface area contributed by atoms with E-state index in [0.29, 0.717) is 6.54 Å². The molecule has 1 aliphatic rings. The van der Waals surface area contributed by atoms with Gasteiger partial charge in [0.05, 0.1) is 12.2 Å². The zero-order chi connectivity index (χ0) is 17.3. The van der Waals surface area contributed by atoms with Crippen molar-refractivity contribution in [3.63, 3.8) is 0 Å². The van der Waals surface area contributed by atoms with Crippen molar-refractivity contribution in [2.75, 3.05) is 18.4 Å². The fourth-order valence-corrected chi connectivity index (χ4v) is 3.23. The van der Waals surface area contributed by atoms with Crippen molar-refractivity contribution in [2.24, 2.45) is 0 Å². The number of hydrogen-bond donors (Lipinski definition) is 2. The van der Waals surface area contributed by atoms with Gasteiger partial charge < -0.3 is 15.5 Å². The Morgan fingerprint density at radius 1 is 1.42 bits per heavy atom. The van der Waals surface area contributed by atoms with Crippen LogP contribution in [-0.2, 0) is 0 Å². The van der Waals surface area contributed by atoms with E-state index in [1.54, 1.807) is 10.7 Å². The SMILES string of the molecule is CC(C)(C)NC(=O)N1CCC[C@H]1CNc1ccc2ncc(Br)n2n1. The minimum absolute atomic E-state index is 0.00700. The lowest BCUT2D eigenvalue weighted by Crippen LogP contribution is -2.51. The van der Waals surface area contributed by atoms with Crippen LogP contribution in [0.5, 0.6) is 0 Å². The Kier molecular flexibility index (Phi) is 4.67. The number of carbonyl (C=O) groups excluding carboxylic acids is 1. The Labute approximate surface area is 149 Å². The third kappa shape index (κ3) is 3.80. The molecule has 24 heavy (non-hydrogen) atoms. The van der Waals surface area contributed by atoms with Gasteiger partial charge in [0, 0.05) is 18.6 Å². The first-order valence-electron chi connectivity index (χ1n) is 8.16. The standard InChI is InChI=1S/C16H23BrN6O/c1-16(2,3)20-15(24)22-8-4-5-11(22)9-18-13-6-7-14-19-10-12(17)23(14)21-13/h6-7,10-11H,4-5,8-9H2,1-3H3,(H,18,21)(H,20,24)/t11-/m0/s1. The number of anilines is 1. The molecule has 2 aromatic heterocycles.